The number of hydrogen-bond acceptors (Lipinski definition) is 5. The van der Waals surface area contributed by atoms with E-state index in [9.17, 15) is 9.18 Å². The second-order valence-corrected chi connectivity index (χ2v) is 7.94. The van der Waals surface area contributed by atoms with Crippen LogP contribution in [0.2, 0.25) is 0 Å². The number of piperidine rings is 1. The minimum atomic E-state index is -0.303. The highest BCUT2D eigenvalue weighted by atomic mass is 19.1. The van der Waals surface area contributed by atoms with Crippen LogP contribution in [0.5, 0.6) is 0 Å². The lowest BCUT2D eigenvalue weighted by Gasteiger charge is -2.30. The Balaban J connectivity index is 1.29. The van der Waals surface area contributed by atoms with E-state index in [4.69, 9.17) is 4.52 Å². The molecule has 30 heavy (non-hydrogen) atoms. The number of aromatic nitrogens is 2. The number of carbonyl (C=O) groups is 1. The van der Waals surface area contributed by atoms with E-state index in [-0.39, 0.29) is 17.6 Å². The average Bonchev–Trinajstić information content (AvgIpc) is 3.16. The highest BCUT2D eigenvalue weighted by molar-refractivity contribution is 5.92. The predicted octanol–water partition coefficient (Wildman–Crippen LogP) is 4.34. The Morgan fingerprint density at radius 1 is 1.13 bits per heavy atom. The summed E-state index contributed by atoms with van der Waals surface area (Å²) in [6.07, 6.45) is 1.58. The van der Waals surface area contributed by atoms with Crippen molar-refractivity contribution < 1.29 is 13.7 Å². The minimum absolute atomic E-state index is 0.00196. The van der Waals surface area contributed by atoms with Gasteiger partial charge in [-0.2, -0.15) is 4.98 Å². The second-order valence-electron chi connectivity index (χ2n) is 7.94. The molecule has 0 atom stereocenters. The molecule has 1 N–H and O–H groups in total. The van der Waals surface area contributed by atoms with Crippen LogP contribution in [0.3, 0.4) is 0 Å². The Morgan fingerprint density at radius 2 is 1.80 bits per heavy atom. The van der Waals surface area contributed by atoms with Gasteiger partial charge in [-0.3, -0.25) is 9.69 Å². The number of hydrogen-bond donors (Lipinski definition) is 1. The monoisotopic (exact) mass is 408 g/mol. The first kappa shape index (κ1) is 20.2. The molecule has 1 amide bonds. The van der Waals surface area contributed by atoms with E-state index >= 15 is 0 Å². The van der Waals surface area contributed by atoms with Crippen molar-refractivity contribution in [2.45, 2.75) is 33.2 Å². The molecule has 0 spiro atoms. The van der Waals surface area contributed by atoms with Crippen molar-refractivity contribution in [3.63, 3.8) is 0 Å². The number of anilines is 1. The van der Waals surface area contributed by atoms with Crippen LogP contribution in [-0.4, -0.2) is 34.0 Å². The summed E-state index contributed by atoms with van der Waals surface area (Å²) in [6, 6.07) is 12.1. The minimum Gasteiger partial charge on any atom is -0.334 e. The van der Waals surface area contributed by atoms with Gasteiger partial charge in [0, 0.05) is 17.2 Å². The molecule has 1 aliphatic heterocycles. The van der Waals surface area contributed by atoms with Crippen molar-refractivity contribution in [1.29, 1.82) is 0 Å². The maximum Gasteiger partial charge on any atom is 0.257 e. The number of nitrogens with zero attached hydrogens (tertiary/aromatic N) is 3. The number of likely N-dealkylation sites (tertiary alicyclic amines) is 1. The van der Waals surface area contributed by atoms with Gasteiger partial charge in [-0.05, 0) is 87.3 Å². The zero-order chi connectivity index (χ0) is 21.1. The highest BCUT2D eigenvalue weighted by Gasteiger charge is 2.26. The zero-order valence-electron chi connectivity index (χ0n) is 17.2. The van der Waals surface area contributed by atoms with Gasteiger partial charge in [-0.25, -0.2) is 4.39 Å². The Morgan fingerprint density at radius 3 is 2.47 bits per heavy atom. The molecular formula is C23H25FN4O2. The fourth-order valence-electron chi connectivity index (χ4n) is 3.87. The van der Waals surface area contributed by atoms with E-state index in [1.54, 1.807) is 12.1 Å². The molecule has 3 aromatic rings. The number of benzene rings is 2. The zero-order valence-corrected chi connectivity index (χ0v) is 17.2. The molecule has 4 rings (SSSR count). The molecule has 2 heterocycles. The number of rotatable bonds is 5. The Bertz CT molecular complexity index is 1000. The van der Waals surface area contributed by atoms with Gasteiger partial charge in [0.15, 0.2) is 5.82 Å². The van der Waals surface area contributed by atoms with Crippen LogP contribution in [0.1, 0.15) is 29.8 Å². The maximum absolute atomic E-state index is 13.1. The quantitative estimate of drug-likeness (QED) is 0.680. The Hall–Kier alpha value is -3.06. The number of halogens is 1. The first-order valence-electron chi connectivity index (χ1n) is 10.2. The molecule has 0 radical (unpaired) electrons. The topological polar surface area (TPSA) is 71.3 Å². The fourth-order valence-corrected chi connectivity index (χ4v) is 3.87. The first-order valence-corrected chi connectivity index (χ1v) is 10.2. The summed E-state index contributed by atoms with van der Waals surface area (Å²) in [7, 11) is 0. The van der Waals surface area contributed by atoms with E-state index < -0.39 is 0 Å². The van der Waals surface area contributed by atoms with Gasteiger partial charge < -0.3 is 9.84 Å². The SMILES string of the molecule is Cc1cc(C)cc(NC(=O)C2CCN(Cc3noc(-c4ccc(F)cc4)n3)CC2)c1. The molecule has 0 saturated carbocycles. The summed E-state index contributed by atoms with van der Waals surface area (Å²) in [5.74, 6) is 0.753. The lowest BCUT2D eigenvalue weighted by atomic mass is 9.95. The summed E-state index contributed by atoms with van der Waals surface area (Å²) in [5.41, 5.74) is 3.83. The van der Waals surface area contributed by atoms with Gasteiger partial charge in [0.05, 0.1) is 6.54 Å². The normalized spacial score (nSPS) is 15.3. The highest BCUT2D eigenvalue weighted by Crippen LogP contribution is 2.23. The van der Waals surface area contributed by atoms with E-state index in [1.807, 2.05) is 26.0 Å². The summed E-state index contributed by atoms with van der Waals surface area (Å²) in [6.45, 7) is 6.22. The third kappa shape index (κ3) is 4.91. The molecule has 0 bridgehead atoms. The number of amides is 1. The molecule has 0 aliphatic carbocycles. The van der Waals surface area contributed by atoms with Crippen LogP contribution in [0, 0.1) is 25.6 Å². The Kier molecular flexibility index (Phi) is 5.90. The van der Waals surface area contributed by atoms with Crippen molar-refractivity contribution in [2.75, 3.05) is 18.4 Å². The van der Waals surface area contributed by atoms with E-state index in [0.29, 0.717) is 23.8 Å². The van der Waals surface area contributed by atoms with E-state index in [1.165, 1.54) is 12.1 Å². The molecule has 1 saturated heterocycles. The molecule has 6 nitrogen and oxygen atoms in total. The van der Waals surface area contributed by atoms with Gasteiger partial charge in [0.1, 0.15) is 5.82 Å². The summed E-state index contributed by atoms with van der Waals surface area (Å²) >= 11 is 0. The fraction of sp³-hybridized carbons (Fsp3) is 0.348. The van der Waals surface area contributed by atoms with Gasteiger partial charge in [0.2, 0.25) is 5.91 Å². The van der Waals surface area contributed by atoms with Crippen LogP contribution >= 0.6 is 0 Å². The van der Waals surface area contributed by atoms with Gasteiger partial charge >= 0.3 is 0 Å². The number of carbonyl (C=O) groups excluding carboxylic acids is 1. The van der Waals surface area contributed by atoms with Crippen molar-refractivity contribution in [2.24, 2.45) is 5.92 Å². The molecule has 1 aromatic heterocycles. The molecule has 1 aliphatic rings. The molecule has 2 aromatic carbocycles. The number of nitrogens with one attached hydrogen (secondary N) is 1. The Labute approximate surface area is 175 Å². The van der Waals surface area contributed by atoms with Crippen LogP contribution in [0.15, 0.2) is 47.0 Å². The van der Waals surface area contributed by atoms with Crippen molar-refractivity contribution in [1.82, 2.24) is 15.0 Å². The molecule has 156 valence electrons. The smallest absolute Gasteiger partial charge is 0.257 e. The van der Waals surface area contributed by atoms with E-state index in [0.717, 1.165) is 42.7 Å². The number of aryl methyl sites for hydroxylation is 2. The predicted molar refractivity (Wildman–Crippen MR) is 112 cm³/mol. The van der Waals surface area contributed by atoms with Gasteiger partial charge in [-0.1, -0.05) is 11.2 Å². The van der Waals surface area contributed by atoms with Crippen LogP contribution in [-0.2, 0) is 11.3 Å². The molecule has 1 fully saturated rings. The van der Waals surface area contributed by atoms with Gasteiger partial charge in [-0.15, -0.1) is 0 Å². The summed E-state index contributed by atoms with van der Waals surface area (Å²) < 4.78 is 18.4. The lowest BCUT2D eigenvalue weighted by molar-refractivity contribution is -0.121. The lowest BCUT2D eigenvalue weighted by Crippen LogP contribution is -2.38. The van der Waals surface area contributed by atoms with Crippen molar-refractivity contribution in [3.05, 3.63) is 65.2 Å². The molecule has 7 heteroatoms. The van der Waals surface area contributed by atoms with Crippen LogP contribution in [0.4, 0.5) is 10.1 Å². The van der Waals surface area contributed by atoms with Crippen molar-refractivity contribution >= 4 is 11.6 Å². The van der Waals surface area contributed by atoms with Gasteiger partial charge in [0.25, 0.3) is 5.89 Å². The van der Waals surface area contributed by atoms with E-state index in [2.05, 4.69) is 26.4 Å². The average molecular weight is 408 g/mol. The van der Waals surface area contributed by atoms with Crippen LogP contribution < -0.4 is 5.32 Å². The summed E-state index contributed by atoms with van der Waals surface area (Å²) in [5, 5.41) is 7.09. The largest absolute Gasteiger partial charge is 0.334 e. The molecular weight excluding hydrogens is 383 g/mol. The summed E-state index contributed by atoms with van der Waals surface area (Å²) in [4.78, 5) is 19.3. The second kappa shape index (κ2) is 8.75. The maximum atomic E-state index is 13.1. The van der Waals surface area contributed by atoms with Crippen LogP contribution in [0.25, 0.3) is 11.5 Å². The first-order chi connectivity index (χ1) is 14.5. The third-order valence-electron chi connectivity index (χ3n) is 5.37. The molecule has 0 unspecified atom stereocenters. The standard InChI is InChI=1S/C23H25FN4O2/c1-15-11-16(2)13-20(12-15)25-22(29)17-7-9-28(10-8-17)14-21-26-23(30-27-21)18-3-5-19(24)6-4-18/h3-6,11-13,17H,7-10,14H2,1-2H3,(H,25,29). The third-order valence-corrected chi connectivity index (χ3v) is 5.37. The van der Waals surface area contributed by atoms with Crippen molar-refractivity contribution in [3.8, 4) is 11.5 Å².